The molecule has 3 heteroatoms. The number of ether oxygens (including phenoxy) is 2. The first-order valence-corrected chi connectivity index (χ1v) is 3.47. The van der Waals surface area contributed by atoms with Crippen LogP contribution in [0.2, 0.25) is 0 Å². The van der Waals surface area contributed by atoms with Crippen molar-refractivity contribution in [2.24, 2.45) is 0 Å². The lowest BCUT2D eigenvalue weighted by Crippen LogP contribution is -2.26. The van der Waals surface area contributed by atoms with E-state index in [-0.39, 0.29) is 6.10 Å². The van der Waals surface area contributed by atoms with E-state index in [1.807, 2.05) is 13.0 Å². The number of rotatable bonds is 1. The van der Waals surface area contributed by atoms with Crippen LogP contribution in [0.3, 0.4) is 0 Å². The van der Waals surface area contributed by atoms with Gasteiger partial charge >= 0.3 is 5.79 Å². The van der Waals surface area contributed by atoms with Crippen molar-refractivity contribution < 1.29 is 9.47 Å². The number of hydrogen-bond acceptors (Lipinski definition) is 3. The van der Waals surface area contributed by atoms with Gasteiger partial charge in [-0.2, -0.15) is 5.26 Å². The lowest BCUT2D eigenvalue weighted by atomic mass is 10.3. The summed E-state index contributed by atoms with van der Waals surface area (Å²) in [6.45, 7) is 2.37. The Labute approximate surface area is 65.9 Å². The number of nitrogens with zero attached hydrogens (tertiary/aromatic N) is 1. The molecular weight excluding hydrogens is 142 g/mol. The number of nitriles is 1. The number of terminal acetylenes is 1. The Morgan fingerprint density at radius 3 is 2.82 bits per heavy atom. The molecule has 0 bridgehead atoms. The van der Waals surface area contributed by atoms with E-state index < -0.39 is 5.79 Å². The molecule has 0 saturated carbocycles. The maximum atomic E-state index is 8.59. The highest BCUT2D eigenvalue weighted by Gasteiger charge is 2.39. The highest BCUT2D eigenvalue weighted by molar-refractivity contribution is 5.17. The van der Waals surface area contributed by atoms with Crippen LogP contribution in [-0.2, 0) is 9.47 Å². The maximum absolute atomic E-state index is 8.59. The Bertz CT molecular complexity index is 209. The van der Waals surface area contributed by atoms with Gasteiger partial charge in [0.05, 0.1) is 12.7 Å². The molecule has 0 aromatic heterocycles. The van der Waals surface area contributed by atoms with E-state index in [2.05, 4.69) is 5.92 Å². The summed E-state index contributed by atoms with van der Waals surface area (Å²) in [5, 5.41) is 8.59. The van der Waals surface area contributed by atoms with Gasteiger partial charge in [0.1, 0.15) is 6.07 Å². The monoisotopic (exact) mass is 151 g/mol. The molecule has 0 N–H and O–H groups in total. The topological polar surface area (TPSA) is 42.2 Å². The van der Waals surface area contributed by atoms with Crippen LogP contribution in [0.5, 0.6) is 0 Å². The van der Waals surface area contributed by atoms with Gasteiger partial charge in [-0.25, -0.2) is 0 Å². The van der Waals surface area contributed by atoms with Crippen molar-refractivity contribution in [1.82, 2.24) is 0 Å². The second-order valence-corrected chi connectivity index (χ2v) is 2.33. The Kier molecular flexibility index (Phi) is 2.14. The maximum Gasteiger partial charge on any atom is 0.326 e. The summed E-state index contributed by atoms with van der Waals surface area (Å²) in [7, 11) is 0. The van der Waals surface area contributed by atoms with Crippen LogP contribution in [0.15, 0.2) is 0 Å². The first-order chi connectivity index (χ1) is 5.26. The van der Waals surface area contributed by atoms with E-state index >= 15 is 0 Å². The van der Waals surface area contributed by atoms with E-state index in [1.165, 1.54) is 0 Å². The lowest BCUT2D eigenvalue weighted by Gasteiger charge is -2.11. The molecule has 1 saturated heterocycles. The highest BCUT2D eigenvalue weighted by Crippen LogP contribution is 2.23. The van der Waals surface area contributed by atoms with Crippen LogP contribution in [0.25, 0.3) is 0 Å². The third-order valence-electron chi connectivity index (χ3n) is 1.60. The Morgan fingerprint density at radius 1 is 1.82 bits per heavy atom. The van der Waals surface area contributed by atoms with E-state index in [0.717, 1.165) is 6.42 Å². The molecular formula is C8H9NO2. The minimum absolute atomic E-state index is 0.0364. The zero-order valence-electron chi connectivity index (χ0n) is 6.33. The van der Waals surface area contributed by atoms with Gasteiger partial charge in [-0.1, -0.05) is 6.92 Å². The average molecular weight is 151 g/mol. The molecule has 58 valence electrons. The smallest absolute Gasteiger partial charge is 0.325 e. The van der Waals surface area contributed by atoms with Crippen LogP contribution in [0.4, 0.5) is 0 Å². The molecule has 1 aliphatic rings. The minimum atomic E-state index is -1.42. The molecule has 0 amide bonds. The van der Waals surface area contributed by atoms with E-state index in [4.69, 9.17) is 21.2 Å². The van der Waals surface area contributed by atoms with Gasteiger partial charge in [0.2, 0.25) is 0 Å². The predicted molar refractivity (Wildman–Crippen MR) is 38.3 cm³/mol. The molecule has 0 spiro atoms. The van der Waals surface area contributed by atoms with Crippen LogP contribution in [0, 0.1) is 23.7 Å². The predicted octanol–water partition coefficient (Wildman–Crippen LogP) is 0.665. The first kappa shape index (κ1) is 8.07. The largest absolute Gasteiger partial charge is 0.326 e. The normalized spacial score (nSPS) is 36.1. The van der Waals surface area contributed by atoms with Crippen molar-refractivity contribution in [3.63, 3.8) is 0 Å². The lowest BCUT2D eigenvalue weighted by molar-refractivity contribution is -0.0744. The van der Waals surface area contributed by atoms with E-state index in [0.29, 0.717) is 6.61 Å². The summed E-state index contributed by atoms with van der Waals surface area (Å²) in [6.07, 6.45) is 5.85. The number of hydrogen-bond donors (Lipinski definition) is 0. The Balaban J connectivity index is 2.66. The SMILES string of the molecule is C#CC1(C#N)OCC(CC)O1. The first-order valence-electron chi connectivity index (χ1n) is 3.47. The molecule has 1 aliphatic heterocycles. The molecule has 0 aromatic carbocycles. The van der Waals surface area contributed by atoms with Gasteiger partial charge in [-0.3, -0.25) is 0 Å². The molecule has 11 heavy (non-hydrogen) atoms. The molecule has 1 heterocycles. The standard InChI is InChI=1S/C8H9NO2/c1-3-7-5-10-8(4-2,6-9)11-7/h2,7H,3,5H2,1H3. The quantitative estimate of drug-likeness (QED) is 0.517. The summed E-state index contributed by atoms with van der Waals surface area (Å²) in [4.78, 5) is 0. The second kappa shape index (κ2) is 2.92. The summed E-state index contributed by atoms with van der Waals surface area (Å²) in [6, 6.07) is 1.81. The molecule has 2 unspecified atom stereocenters. The molecule has 1 rings (SSSR count). The van der Waals surface area contributed by atoms with E-state index in [9.17, 15) is 0 Å². The van der Waals surface area contributed by atoms with Gasteiger partial charge in [-0.05, 0) is 12.3 Å². The van der Waals surface area contributed by atoms with Gasteiger partial charge in [0.25, 0.3) is 0 Å². The molecule has 1 fully saturated rings. The molecule has 2 atom stereocenters. The average Bonchev–Trinajstić information content (AvgIpc) is 2.49. The molecule has 0 aromatic rings. The minimum Gasteiger partial charge on any atom is -0.325 e. The summed E-state index contributed by atoms with van der Waals surface area (Å²) >= 11 is 0. The molecule has 3 nitrogen and oxygen atoms in total. The summed E-state index contributed by atoms with van der Waals surface area (Å²) in [5.74, 6) is 0.770. The van der Waals surface area contributed by atoms with Crippen molar-refractivity contribution in [2.75, 3.05) is 6.61 Å². The van der Waals surface area contributed by atoms with Crippen molar-refractivity contribution in [1.29, 1.82) is 5.26 Å². The zero-order valence-corrected chi connectivity index (χ0v) is 6.33. The van der Waals surface area contributed by atoms with Crippen LogP contribution in [-0.4, -0.2) is 18.5 Å². The Morgan fingerprint density at radius 2 is 2.55 bits per heavy atom. The highest BCUT2D eigenvalue weighted by atomic mass is 16.7. The fourth-order valence-corrected chi connectivity index (χ4v) is 0.881. The fraction of sp³-hybridized carbons (Fsp3) is 0.625. The molecule has 0 aliphatic carbocycles. The van der Waals surface area contributed by atoms with Gasteiger partial charge in [-0.15, -0.1) is 6.42 Å². The van der Waals surface area contributed by atoms with Crippen molar-refractivity contribution in [2.45, 2.75) is 25.2 Å². The van der Waals surface area contributed by atoms with Crippen LogP contribution < -0.4 is 0 Å². The van der Waals surface area contributed by atoms with Crippen molar-refractivity contribution in [3.05, 3.63) is 0 Å². The van der Waals surface area contributed by atoms with Gasteiger partial charge in [0.15, 0.2) is 0 Å². The van der Waals surface area contributed by atoms with Gasteiger partial charge in [0, 0.05) is 0 Å². The fourth-order valence-electron chi connectivity index (χ4n) is 0.881. The van der Waals surface area contributed by atoms with E-state index in [1.54, 1.807) is 0 Å². The third-order valence-corrected chi connectivity index (χ3v) is 1.60. The molecule has 0 radical (unpaired) electrons. The van der Waals surface area contributed by atoms with Crippen molar-refractivity contribution in [3.8, 4) is 18.4 Å². The Hall–Kier alpha value is -1.03. The third kappa shape index (κ3) is 1.35. The summed E-state index contributed by atoms with van der Waals surface area (Å²) in [5.41, 5.74) is 0. The second-order valence-electron chi connectivity index (χ2n) is 2.33. The van der Waals surface area contributed by atoms with Crippen molar-refractivity contribution >= 4 is 0 Å². The summed E-state index contributed by atoms with van der Waals surface area (Å²) < 4.78 is 10.2. The van der Waals surface area contributed by atoms with Crippen LogP contribution >= 0.6 is 0 Å². The van der Waals surface area contributed by atoms with Gasteiger partial charge < -0.3 is 9.47 Å². The zero-order chi connectivity index (χ0) is 8.32. The van der Waals surface area contributed by atoms with Crippen LogP contribution in [0.1, 0.15) is 13.3 Å².